The average Bonchev–Trinajstić information content (AvgIpc) is 2.12. The maximum Gasteiger partial charge on any atom is 0.258 e. The highest BCUT2D eigenvalue weighted by Gasteiger charge is 2.11. The van der Waals surface area contributed by atoms with Crippen molar-refractivity contribution in [2.45, 2.75) is 26.9 Å². The van der Waals surface area contributed by atoms with Crippen LogP contribution < -0.4 is 10.5 Å². The standard InChI is InChI=1S/C11H15NO2/c1-7-5-4-6-10(8(7)2)14-9(3)11(12)13/h4-6,9H,1-3H3,(H2,12,13)/t9-/m0/s1. The summed E-state index contributed by atoms with van der Waals surface area (Å²) in [6.07, 6.45) is -0.588. The molecule has 1 aromatic carbocycles. The highest BCUT2D eigenvalue weighted by Crippen LogP contribution is 2.21. The maximum absolute atomic E-state index is 10.8. The zero-order valence-corrected chi connectivity index (χ0v) is 8.70. The Kier molecular flexibility index (Phi) is 3.12. The second-order valence-electron chi connectivity index (χ2n) is 3.36. The van der Waals surface area contributed by atoms with Crippen LogP contribution in [-0.4, -0.2) is 12.0 Å². The molecule has 0 aliphatic carbocycles. The predicted molar refractivity (Wildman–Crippen MR) is 55.2 cm³/mol. The van der Waals surface area contributed by atoms with Crippen molar-refractivity contribution >= 4 is 5.91 Å². The molecule has 0 bridgehead atoms. The van der Waals surface area contributed by atoms with Gasteiger partial charge in [-0.25, -0.2) is 0 Å². The van der Waals surface area contributed by atoms with E-state index in [1.54, 1.807) is 6.92 Å². The van der Waals surface area contributed by atoms with E-state index < -0.39 is 12.0 Å². The number of rotatable bonds is 3. The van der Waals surface area contributed by atoms with Crippen molar-refractivity contribution in [3.63, 3.8) is 0 Å². The highest BCUT2D eigenvalue weighted by atomic mass is 16.5. The first kappa shape index (κ1) is 10.6. The van der Waals surface area contributed by atoms with Gasteiger partial charge in [0.2, 0.25) is 0 Å². The highest BCUT2D eigenvalue weighted by molar-refractivity contribution is 5.78. The molecule has 2 N–H and O–H groups in total. The Morgan fingerprint density at radius 2 is 2.07 bits per heavy atom. The fourth-order valence-electron chi connectivity index (χ4n) is 1.10. The van der Waals surface area contributed by atoms with Crippen LogP contribution in [0.1, 0.15) is 18.1 Å². The lowest BCUT2D eigenvalue weighted by molar-refractivity contribution is -0.123. The molecule has 0 spiro atoms. The first-order valence-corrected chi connectivity index (χ1v) is 4.54. The summed E-state index contributed by atoms with van der Waals surface area (Å²) < 4.78 is 5.41. The largest absolute Gasteiger partial charge is 0.481 e. The zero-order valence-electron chi connectivity index (χ0n) is 8.70. The maximum atomic E-state index is 10.8. The van der Waals surface area contributed by atoms with Gasteiger partial charge < -0.3 is 10.5 Å². The van der Waals surface area contributed by atoms with Crippen LogP contribution in [0.5, 0.6) is 5.75 Å². The van der Waals surface area contributed by atoms with E-state index in [4.69, 9.17) is 10.5 Å². The van der Waals surface area contributed by atoms with Crippen molar-refractivity contribution in [3.05, 3.63) is 29.3 Å². The molecular formula is C11H15NO2. The van der Waals surface area contributed by atoms with Gasteiger partial charge in [0.15, 0.2) is 6.10 Å². The van der Waals surface area contributed by atoms with Crippen molar-refractivity contribution in [1.29, 1.82) is 0 Å². The van der Waals surface area contributed by atoms with Crippen LogP contribution >= 0.6 is 0 Å². The summed E-state index contributed by atoms with van der Waals surface area (Å²) in [6.45, 7) is 5.60. The van der Waals surface area contributed by atoms with E-state index in [2.05, 4.69) is 0 Å². The minimum Gasteiger partial charge on any atom is -0.481 e. The molecule has 1 atom stereocenters. The molecule has 0 heterocycles. The quantitative estimate of drug-likeness (QED) is 0.792. The summed E-state index contributed by atoms with van der Waals surface area (Å²) in [6, 6.07) is 5.73. The third-order valence-electron chi connectivity index (χ3n) is 2.26. The molecule has 1 rings (SSSR count). The fourth-order valence-corrected chi connectivity index (χ4v) is 1.10. The Morgan fingerprint density at radius 3 is 2.64 bits per heavy atom. The number of aryl methyl sites for hydroxylation is 1. The smallest absolute Gasteiger partial charge is 0.258 e. The van der Waals surface area contributed by atoms with Crippen molar-refractivity contribution in [2.24, 2.45) is 5.73 Å². The van der Waals surface area contributed by atoms with Crippen LogP contribution in [0, 0.1) is 13.8 Å². The van der Waals surface area contributed by atoms with E-state index in [0.717, 1.165) is 16.9 Å². The van der Waals surface area contributed by atoms with Crippen molar-refractivity contribution in [3.8, 4) is 5.75 Å². The van der Waals surface area contributed by atoms with Crippen LogP contribution in [0.15, 0.2) is 18.2 Å². The molecule has 0 aliphatic heterocycles. The third kappa shape index (κ3) is 2.25. The lowest BCUT2D eigenvalue weighted by atomic mass is 10.1. The van der Waals surface area contributed by atoms with Gasteiger partial charge >= 0.3 is 0 Å². The summed E-state index contributed by atoms with van der Waals surface area (Å²) in [5.41, 5.74) is 7.29. The number of amides is 1. The van der Waals surface area contributed by atoms with Gasteiger partial charge in [-0.3, -0.25) is 4.79 Å². The molecule has 0 aromatic heterocycles. The number of benzene rings is 1. The van der Waals surface area contributed by atoms with E-state index in [1.807, 2.05) is 32.0 Å². The molecule has 0 unspecified atom stereocenters. The second kappa shape index (κ2) is 4.13. The predicted octanol–water partition coefficient (Wildman–Crippen LogP) is 1.56. The Morgan fingerprint density at radius 1 is 1.43 bits per heavy atom. The van der Waals surface area contributed by atoms with Gasteiger partial charge in [-0.15, -0.1) is 0 Å². The molecule has 0 saturated heterocycles. The minimum absolute atomic E-state index is 0.453. The van der Waals surface area contributed by atoms with Crippen molar-refractivity contribution in [1.82, 2.24) is 0 Å². The molecule has 1 aromatic rings. The topological polar surface area (TPSA) is 52.3 Å². The van der Waals surface area contributed by atoms with Crippen molar-refractivity contribution in [2.75, 3.05) is 0 Å². The number of hydrogen-bond acceptors (Lipinski definition) is 2. The van der Waals surface area contributed by atoms with E-state index in [1.165, 1.54) is 0 Å². The molecule has 3 nitrogen and oxygen atoms in total. The average molecular weight is 193 g/mol. The van der Waals surface area contributed by atoms with Gasteiger partial charge in [-0.05, 0) is 38.0 Å². The number of nitrogens with two attached hydrogens (primary N) is 1. The molecule has 0 saturated carbocycles. The van der Waals surface area contributed by atoms with Gasteiger partial charge in [0, 0.05) is 0 Å². The van der Waals surface area contributed by atoms with Crippen LogP contribution in [0.25, 0.3) is 0 Å². The van der Waals surface area contributed by atoms with E-state index in [0.29, 0.717) is 0 Å². The zero-order chi connectivity index (χ0) is 10.7. The number of hydrogen-bond donors (Lipinski definition) is 1. The van der Waals surface area contributed by atoms with Crippen LogP contribution in [-0.2, 0) is 4.79 Å². The van der Waals surface area contributed by atoms with Crippen LogP contribution in [0.3, 0.4) is 0 Å². The van der Waals surface area contributed by atoms with Gasteiger partial charge in [0.25, 0.3) is 5.91 Å². The molecule has 0 fully saturated rings. The Bertz CT molecular complexity index is 347. The molecule has 3 heteroatoms. The minimum atomic E-state index is -0.588. The van der Waals surface area contributed by atoms with Crippen molar-refractivity contribution < 1.29 is 9.53 Å². The fraction of sp³-hybridized carbons (Fsp3) is 0.364. The van der Waals surface area contributed by atoms with Gasteiger partial charge in [-0.1, -0.05) is 12.1 Å². The van der Waals surface area contributed by atoms with E-state index in [9.17, 15) is 4.79 Å². The first-order valence-electron chi connectivity index (χ1n) is 4.54. The normalized spacial score (nSPS) is 12.2. The Balaban J connectivity index is 2.87. The SMILES string of the molecule is Cc1cccc(O[C@@H](C)C(N)=O)c1C. The summed E-state index contributed by atoms with van der Waals surface area (Å²) in [5.74, 6) is 0.266. The Hall–Kier alpha value is -1.51. The summed E-state index contributed by atoms with van der Waals surface area (Å²) in [7, 11) is 0. The lowest BCUT2D eigenvalue weighted by Gasteiger charge is -2.14. The third-order valence-corrected chi connectivity index (χ3v) is 2.26. The molecular weight excluding hydrogens is 178 g/mol. The molecule has 1 amide bonds. The van der Waals surface area contributed by atoms with E-state index >= 15 is 0 Å². The number of primary amides is 1. The van der Waals surface area contributed by atoms with Gasteiger partial charge in [-0.2, -0.15) is 0 Å². The van der Waals surface area contributed by atoms with Crippen LogP contribution in [0.2, 0.25) is 0 Å². The van der Waals surface area contributed by atoms with Crippen LogP contribution in [0.4, 0.5) is 0 Å². The molecule has 14 heavy (non-hydrogen) atoms. The summed E-state index contributed by atoms with van der Waals surface area (Å²) in [4.78, 5) is 10.8. The number of carbonyl (C=O) groups excluding carboxylic acids is 1. The summed E-state index contributed by atoms with van der Waals surface area (Å²) >= 11 is 0. The lowest BCUT2D eigenvalue weighted by Crippen LogP contribution is -2.30. The Labute approximate surface area is 83.9 Å². The molecule has 0 radical (unpaired) electrons. The second-order valence-corrected chi connectivity index (χ2v) is 3.36. The number of carbonyl (C=O) groups is 1. The monoisotopic (exact) mass is 193 g/mol. The van der Waals surface area contributed by atoms with Gasteiger partial charge in [0.05, 0.1) is 0 Å². The number of ether oxygens (including phenoxy) is 1. The molecule has 76 valence electrons. The van der Waals surface area contributed by atoms with Gasteiger partial charge in [0.1, 0.15) is 5.75 Å². The first-order chi connectivity index (χ1) is 6.52. The summed E-state index contributed by atoms with van der Waals surface area (Å²) in [5, 5.41) is 0. The van der Waals surface area contributed by atoms with E-state index in [-0.39, 0.29) is 0 Å². The molecule has 0 aliphatic rings.